The van der Waals surface area contributed by atoms with Gasteiger partial charge in [0, 0.05) is 12.4 Å². The van der Waals surface area contributed by atoms with Crippen molar-refractivity contribution in [3.63, 3.8) is 0 Å². The second-order valence-electron chi connectivity index (χ2n) is 5.44. The second-order valence-corrected chi connectivity index (χ2v) is 8.16. The van der Waals surface area contributed by atoms with Crippen LogP contribution < -0.4 is 4.90 Å². The van der Waals surface area contributed by atoms with E-state index < -0.39 is 5.82 Å². The molecule has 0 bridgehead atoms. The van der Waals surface area contributed by atoms with E-state index in [-0.39, 0.29) is 18.0 Å². The van der Waals surface area contributed by atoms with E-state index in [9.17, 15) is 9.18 Å². The fraction of sp³-hybridized carbons (Fsp3) is 0.0556. The van der Waals surface area contributed by atoms with E-state index in [1.165, 1.54) is 33.6 Å². The number of halogens is 2. The molecule has 1 amide bonds. The first kappa shape index (κ1) is 17.1. The Morgan fingerprint density at radius 3 is 2.73 bits per heavy atom. The Morgan fingerprint density at radius 2 is 2.04 bits per heavy atom. The summed E-state index contributed by atoms with van der Waals surface area (Å²) in [5.41, 5.74) is 1.11. The Morgan fingerprint density at radius 1 is 1.15 bits per heavy atom. The van der Waals surface area contributed by atoms with E-state index in [4.69, 9.17) is 11.6 Å². The zero-order valence-corrected chi connectivity index (χ0v) is 15.6. The summed E-state index contributed by atoms with van der Waals surface area (Å²) in [7, 11) is 0. The standard InChI is InChI=1S/C18H11ClFN3OS2/c19-15-7-6-14(25-15)17(24)23(10-11-3-2-8-21-9-11)18-22-16-12(20)4-1-5-13(16)26-18/h1-9H,10H2. The van der Waals surface area contributed by atoms with Crippen molar-refractivity contribution in [3.8, 4) is 0 Å². The third-order valence-electron chi connectivity index (χ3n) is 3.68. The van der Waals surface area contributed by atoms with Crippen LogP contribution in [0.2, 0.25) is 4.34 Å². The van der Waals surface area contributed by atoms with Crippen molar-refractivity contribution in [2.45, 2.75) is 6.54 Å². The molecule has 0 radical (unpaired) electrons. The van der Waals surface area contributed by atoms with Crippen molar-refractivity contribution < 1.29 is 9.18 Å². The van der Waals surface area contributed by atoms with Crippen LogP contribution in [0.4, 0.5) is 9.52 Å². The molecule has 4 nitrogen and oxygen atoms in total. The molecule has 0 saturated heterocycles. The van der Waals surface area contributed by atoms with E-state index in [2.05, 4.69) is 9.97 Å². The Hall–Kier alpha value is -2.35. The number of anilines is 1. The maximum absolute atomic E-state index is 14.0. The van der Waals surface area contributed by atoms with Gasteiger partial charge in [-0.1, -0.05) is 35.1 Å². The average molecular weight is 404 g/mol. The predicted octanol–water partition coefficient (Wildman–Crippen LogP) is 5.39. The molecule has 0 N–H and O–H groups in total. The van der Waals surface area contributed by atoms with Crippen molar-refractivity contribution >= 4 is 55.5 Å². The second kappa shape index (κ2) is 7.11. The molecule has 3 aromatic heterocycles. The molecular weight excluding hydrogens is 393 g/mol. The number of pyridine rings is 1. The molecule has 4 rings (SSSR count). The molecule has 0 atom stereocenters. The number of amides is 1. The number of hydrogen-bond acceptors (Lipinski definition) is 5. The number of carbonyl (C=O) groups excluding carboxylic acids is 1. The molecular formula is C18H11ClFN3OS2. The Kier molecular flexibility index (Phi) is 4.67. The van der Waals surface area contributed by atoms with Gasteiger partial charge in [-0.25, -0.2) is 9.37 Å². The highest BCUT2D eigenvalue weighted by Gasteiger charge is 2.23. The van der Waals surface area contributed by atoms with Crippen LogP contribution in [-0.2, 0) is 6.54 Å². The number of nitrogens with zero attached hydrogens (tertiary/aromatic N) is 3. The first-order valence-electron chi connectivity index (χ1n) is 7.63. The minimum Gasteiger partial charge on any atom is -0.279 e. The Bertz CT molecular complexity index is 1080. The number of hydrogen-bond donors (Lipinski definition) is 0. The predicted molar refractivity (Wildman–Crippen MR) is 104 cm³/mol. The average Bonchev–Trinajstić information content (AvgIpc) is 3.27. The number of fused-ring (bicyclic) bond motifs is 1. The smallest absolute Gasteiger partial charge is 0.270 e. The first-order chi connectivity index (χ1) is 12.6. The maximum atomic E-state index is 14.0. The first-order valence-corrected chi connectivity index (χ1v) is 9.64. The molecule has 4 aromatic rings. The van der Waals surface area contributed by atoms with E-state index in [1.807, 2.05) is 6.07 Å². The van der Waals surface area contributed by atoms with Crippen LogP contribution in [0.25, 0.3) is 10.2 Å². The summed E-state index contributed by atoms with van der Waals surface area (Å²) in [5, 5.41) is 0.434. The Labute approximate surface area is 161 Å². The number of rotatable bonds is 4. The molecule has 0 aliphatic heterocycles. The third-order valence-corrected chi connectivity index (χ3v) is 5.94. The minimum atomic E-state index is -0.405. The summed E-state index contributed by atoms with van der Waals surface area (Å²) in [6.07, 6.45) is 3.36. The van der Waals surface area contributed by atoms with Gasteiger partial charge in [-0.3, -0.25) is 14.7 Å². The van der Waals surface area contributed by atoms with Gasteiger partial charge in [-0.15, -0.1) is 11.3 Å². The fourth-order valence-corrected chi connectivity index (χ4v) is 4.45. The van der Waals surface area contributed by atoms with Gasteiger partial charge in [0.25, 0.3) is 5.91 Å². The summed E-state index contributed by atoms with van der Waals surface area (Å²) >= 11 is 8.45. The van der Waals surface area contributed by atoms with Crippen molar-refractivity contribution in [2.75, 3.05) is 4.90 Å². The molecule has 0 saturated carbocycles. The monoisotopic (exact) mass is 403 g/mol. The molecule has 130 valence electrons. The number of aromatic nitrogens is 2. The number of thiazole rings is 1. The van der Waals surface area contributed by atoms with Gasteiger partial charge >= 0.3 is 0 Å². The van der Waals surface area contributed by atoms with Crippen LogP contribution in [0.1, 0.15) is 15.2 Å². The van der Waals surface area contributed by atoms with Gasteiger partial charge < -0.3 is 0 Å². The summed E-state index contributed by atoms with van der Waals surface area (Å²) in [5.74, 6) is -0.636. The zero-order valence-electron chi connectivity index (χ0n) is 13.2. The molecule has 0 aliphatic rings. The summed E-state index contributed by atoms with van der Waals surface area (Å²) in [6, 6.07) is 11.8. The van der Waals surface area contributed by atoms with Crippen LogP contribution in [0.3, 0.4) is 0 Å². The number of para-hydroxylation sites is 1. The van der Waals surface area contributed by atoms with E-state index in [0.717, 1.165) is 5.56 Å². The van der Waals surface area contributed by atoms with Crippen LogP contribution in [0, 0.1) is 5.82 Å². The molecule has 3 heterocycles. The van der Waals surface area contributed by atoms with Crippen molar-refractivity contribution in [3.05, 3.63) is 75.5 Å². The highest BCUT2D eigenvalue weighted by molar-refractivity contribution is 7.22. The Balaban J connectivity index is 1.78. The topological polar surface area (TPSA) is 46.1 Å². The minimum absolute atomic E-state index is 0.231. The van der Waals surface area contributed by atoms with Crippen LogP contribution in [-0.4, -0.2) is 15.9 Å². The van der Waals surface area contributed by atoms with Crippen LogP contribution >= 0.6 is 34.3 Å². The molecule has 0 aliphatic carbocycles. The fourth-order valence-electron chi connectivity index (χ4n) is 2.48. The van der Waals surface area contributed by atoms with Gasteiger partial charge in [0.05, 0.1) is 20.5 Å². The van der Waals surface area contributed by atoms with Crippen molar-refractivity contribution in [2.24, 2.45) is 0 Å². The van der Waals surface area contributed by atoms with Gasteiger partial charge in [-0.2, -0.15) is 0 Å². The molecule has 0 unspecified atom stereocenters. The highest BCUT2D eigenvalue weighted by atomic mass is 35.5. The van der Waals surface area contributed by atoms with Crippen molar-refractivity contribution in [1.29, 1.82) is 0 Å². The molecule has 26 heavy (non-hydrogen) atoms. The van der Waals surface area contributed by atoms with Gasteiger partial charge in [0.1, 0.15) is 11.3 Å². The lowest BCUT2D eigenvalue weighted by atomic mass is 10.2. The number of benzene rings is 1. The molecule has 1 aromatic carbocycles. The molecule has 0 spiro atoms. The number of carbonyl (C=O) groups is 1. The lowest BCUT2D eigenvalue weighted by molar-refractivity contribution is 0.0989. The molecule has 0 fully saturated rings. The van der Waals surface area contributed by atoms with Crippen LogP contribution in [0.5, 0.6) is 0 Å². The van der Waals surface area contributed by atoms with E-state index >= 15 is 0 Å². The third kappa shape index (κ3) is 3.33. The largest absolute Gasteiger partial charge is 0.279 e. The quantitative estimate of drug-likeness (QED) is 0.458. The van der Waals surface area contributed by atoms with Gasteiger partial charge in [0.15, 0.2) is 5.13 Å². The summed E-state index contributed by atoms with van der Waals surface area (Å²) < 4.78 is 15.3. The van der Waals surface area contributed by atoms with Crippen molar-refractivity contribution in [1.82, 2.24) is 9.97 Å². The lowest BCUT2D eigenvalue weighted by Gasteiger charge is -2.19. The summed E-state index contributed by atoms with van der Waals surface area (Å²) in [6.45, 7) is 0.281. The lowest BCUT2D eigenvalue weighted by Crippen LogP contribution is -2.29. The van der Waals surface area contributed by atoms with Crippen LogP contribution in [0.15, 0.2) is 54.9 Å². The summed E-state index contributed by atoms with van der Waals surface area (Å²) in [4.78, 5) is 23.5. The molecule has 8 heteroatoms. The SMILES string of the molecule is O=C(c1ccc(Cl)s1)N(Cc1cccnc1)c1nc2c(F)cccc2s1. The van der Waals surface area contributed by atoms with E-state index in [0.29, 0.717) is 19.0 Å². The number of thiophene rings is 1. The normalized spacial score (nSPS) is 11.0. The van der Waals surface area contributed by atoms with Gasteiger partial charge in [0.2, 0.25) is 0 Å². The zero-order chi connectivity index (χ0) is 18.1. The van der Waals surface area contributed by atoms with E-state index in [1.54, 1.807) is 42.7 Å². The van der Waals surface area contributed by atoms with Gasteiger partial charge in [-0.05, 0) is 35.9 Å². The highest BCUT2D eigenvalue weighted by Crippen LogP contribution is 2.33. The maximum Gasteiger partial charge on any atom is 0.270 e.